The Balaban J connectivity index is 2.97. The normalized spacial score (nSPS) is 8.57. The van der Waals surface area contributed by atoms with Crippen LogP contribution in [0.1, 0.15) is 0 Å². The van der Waals surface area contributed by atoms with E-state index in [1.54, 1.807) is 18.0 Å². The van der Waals surface area contributed by atoms with Gasteiger partial charge in [0.2, 0.25) is 0 Å². The van der Waals surface area contributed by atoms with Crippen molar-refractivity contribution in [3.8, 4) is 12.5 Å². The zero-order chi connectivity index (χ0) is 5.54. The van der Waals surface area contributed by atoms with Crippen LogP contribution in [0.4, 0.5) is 0 Å². The minimum Gasteiger partial charge on any atom is -0.322 e. The lowest BCUT2D eigenvalue weighted by Gasteiger charge is -1.78. The van der Waals surface area contributed by atoms with Crippen molar-refractivity contribution in [1.29, 1.82) is 0 Å². The Morgan fingerprint density at radius 1 is 1.86 bits per heavy atom. The molecule has 0 atom stereocenters. The van der Waals surface area contributed by atoms with E-state index in [-0.39, 0.29) is 0 Å². The van der Waals surface area contributed by atoms with E-state index in [9.17, 15) is 0 Å². The Kier molecular flexibility index (Phi) is 5.02. The van der Waals surface area contributed by atoms with Gasteiger partial charge in [0, 0.05) is 12.2 Å². The Hall–Kier alpha value is -0.550. The van der Waals surface area contributed by atoms with Gasteiger partial charge in [-0.2, -0.15) is 0 Å². The van der Waals surface area contributed by atoms with Crippen LogP contribution >= 0.6 is 11.8 Å². The first-order valence-corrected chi connectivity index (χ1v) is 3.09. The van der Waals surface area contributed by atoms with Gasteiger partial charge in [0.25, 0.3) is 0 Å². The molecule has 0 bridgehead atoms. The van der Waals surface area contributed by atoms with Crippen molar-refractivity contribution in [2.45, 2.75) is 0 Å². The summed E-state index contributed by atoms with van der Waals surface area (Å²) in [4.78, 5) is 0. The lowest BCUT2D eigenvalue weighted by atomic mass is 10.9. The minimum atomic E-state index is 1.60. The number of hydrogen-bond acceptors (Lipinski definition) is 2. The van der Waals surface area contributed by atoms with Gasteiger partial charge in [0.05, 0.1) is 0 Å². The molecule has 0 aliphatic rings. The van der Waals surface area contributed by atoms with E-state index in [1.807, 2.05) is 11.7 Å². The van der Waals surface area contributed by atoms with Crippen LogP contribution < -0.4 is 5.32 Å². The summed E-state index contributed by atoms with van der Waals surface area (Å²) in [5, 5.41) is 4.45. The first-order chi connectivity index (χ1) is 3.41. The molecule has 0 spiro atoms. The monoisotopic (exact) mass is 113 g/mol. The number of hydrogen-bond donors (Lipinski definition) is 1. The highest BCUT2D eigenvalue weighted by atomic mass is 32.2. The molecule has 0 aromatic heterocycles. The number of nitrogens with one attached hydrogen (secondary N) is 1. The van der Waals surface area contributed by atoms with Crippen LogP contribution in [0, 0.1) is 12.5 Å². The van der Waals surface area contributed by atoms with Gasteiger partial charge in [-0.15, -0.1) is 11.8 Å². The fourth-order valence-electron chi connectivity index (χ4n) is 0.150. The summed E-state index contributed by atoms with van der Waals surface area (Å²) < 4.78 is 0. The highest BCUT2D eigenvalue weighted by Crippen LogP contribution is 1.89. The van der Waals surface area contributed by atoms with Gasteiger partial charge in [-0.25, -0.2) is 0 Å². The van der Waals surface area contributed by atoms with E-state index in [4.69, 9.17) is 6.42 Å². The molecular weight excluding hydrogens is 106 g/mol. The summed E-state index contributed by atoms with van der Waals surface area (Å²) in [5.74, 6) is 0. The topological polar surface area (TPSA) is 12.0 Å². The van der Waals surface area contributed by atoms with Crippen molar-refractivity contribution in [1.82, 2.24) is 5.32 Å². The molecule has 0 aliphatic carbocycles. The second-order valence-electron chi connectivity index (χ2n) is 0.827. The predicted molar refractivity (Wildman–Crippen MR) is 34.6 cm³/mol. The van der Waals surface area contributed by atoms with E-state index in [0.717, 1.165) is 0 Å². The number of thioether (sulfide) groups is 1. The number of rotatable bonds is 2. The highest BCUT2D eigenvalue weighted by molar-refractivity contribution is 8.01. The number of terminal acetylenes is 1. The van der Waals surface area contributed by atoms with Crippen LogP contribution in [-0.2, 0) is 0 Å². The van der Waals surface area contributed by atoms with Crippen molar-refractivity contribution in [2.75, 3.05) is 6.26 Å². The zero-order valence-electron chi connectivity index (χ0n) is 4.14. The largest absolute Gasteiger partial charge is 0.322 e. The molecule has 0 amide bonds. The minimum absolute atomic E-state index is 1.60. The molecule has 0 aromatic carbocycles. The van der Waals surface area contributed by atoms with Crippen LogP contribution in [-0.4, -0.2) is 6.26 Å². The molecule has 7 heavy (non-hydrogen) atoms. The van der Waals surface area contributed by atoms with Crippen LogP contribution in [0.25, 0.3) is 0 Å². The van der Waals surface area contributed by atoms with Crippen LogP contribution in [0.2, 0.25) is 0 Å². The van der Waals surface area contributed by atoms with Gasteiger partial charge in [-0.1, -0.05) is 6.42 Å². The van der Waals surface area contributed by atoms with E-state index < -0.39 is 0 Å². The van der Waals surface area contributed by atoms with Crippen molar-refractivity contribution < 1.29 is 0 Å². The molecule has 0 heterocycles. The molecule has 1 N–H and O–H groups in total. The quantitative estimate of drug-likeness (QED) is 0.423. The van der Waals surface area contributed by atoms with E-state index >= 15 is 0 Å². The van der Waals surface area contributed by atoms with Gasteiger partial charge >= 0.3 is 0 Å². The SMILES string of the molecule is C#CN/C=C\SC. The molecule has 0 aromatic rings. The van der Waals surface area contributed by atoms with E-state index in [0.29, 0.717) is 0 Å². The summed E-state index contributed by atoms with van der Waals surface area (Å²) in [6.45, 7) is 0. The molecular formula is C5H7NS. The molecule has 0 rings (SSSR count). The third-order valence-electron chi connectivity index (χ3n) is 0.371. The summed E-state index contributed by atoms with van der Waals surface area (Å²) in [6, 6.07) is 2.25. The predicted octanol–water partition coefficient (Wildman–Crippen LogP) is 1.00. The van der Waals surface area contributed by atoms with Crippen LogP contribution in [0.5, 0.6) is 0 Å². The van der Waals surface area contributed by atoms with Gasteiger partial charge in [0.1, 0.15) is 0 Å². The van der Waals surface area contributed by atoms with Gasteiger partial charge in [0.15, 0.2) is 0 Å². The van der Waals surface area contributed by atoms with Crippen LogP contribution in [0.15, 0.2) is 11.6 Å². The lowest BCUT2D eigenvalue weighted by molar-refractivity contribution is 1.27. The lowest BCUT2D eigenvalue weighted by Crippen LogP contribution is -1.88. The Labute approximate surface area is 48.2 Å². The average molecular weight is 113 g/mol. The first kappa shape index (κ1) is 6.45. The molecule has 1 nitrogen and oxygen atoms in total. The summed E-state index contributed by atoms with van der Waals surface area (Å²) in [5.41, 5.74) is 0. The second kappa shape index (κ2) is 5.45. The van der Waals surface area contributed by atoms with E-state index in [2.05, 4.69) is 11.4 Å². The maximum atomic E-state index is 4.85. The fourth-order valence-corrected chi connectivity index (χ4v) is 0.354. The van der Waals surface area contributed by atoms with Gasteiger partial charge < -0.3 is 5.32 Å². The summed E-state index contributed by atoms with van der Waals surface area (Å²) >= 11 is 1.60. The highest BCUT2D eigenvalue weighted by Gasteiger charge is 1.59. The third-order valence-corrected chi connectivity index (χ3v) is 0.779. The molecule has 2 heteroatoms. The molecule has 38 valence electrons. The second-order valence-corrected chi connectivity index (χ2v) is 1.57. The van der Waals surface area contributed by atoms with Crippen LogP contribution in [0.3, 0.4) is 0 Å². The van der Waals surface area contributed by atoms with Crippen molar-refractivity contribution >= 4 is 11.8 Å². The Morgan fingerprint density at radius 2 is 2.57 bits per heavy atom. The Bertz CT molecular complexity index is 90.7. The van der Waals surface area contributed by atoms with Crippen molar-refractivity contribution in [3.05, 3.63) is 11.6 Å². The first-order valence-electron chi connectivity index (χ1n) is 1.80. The molecule has 0 radical (unpaired) electrons. The Morgan fingerprint density at radius 3 is 3.00 bits per heavy atom. The average Bonchev–Trinajstić information content (AvgIpc) is 1.69. The molecule has 0 aliphatic heterocycles. The zero-order valence-corrected chi connectivity index (χ0v) is 4.96. The molecule has 0 saturated heterocycles. The van der Waals surface area contributed by atoms with Crippen molar-refractivity contribution in [2.24, 2.45) is 0 Å². The van der Waals surface area contributed by atoms with Gasteiger partial charge in [-0.3, -0.25) is 0 Å². The summed E-state index contributed by atoms with van der Waals surface area (Å²) in [6.07, 6.45) is 8.53. The molecule has 0 fully saturated rings. The molecule has 0 unspecified atom stereocenters. The van der Waals surface area contributed by atoms with Crippen molar-refractivity contribution in [3.63, 3.8) is 0 Å². The summed E-state index contributed by atoms with van der Waals surface area (Å²) in [7, 11) is 0. The van der Waals surface area contributed by atoms with E-state index in [1.165, 1.54) is 0 Å². The third kappa shape index (κ3) is 5.45. The molecule has 0 saturated carbocycles. The van der Waals surface area contributed by atoms with Gasteiger partial charge in [-0.05, 0) is 11.7 Å². The maximum Gasteiger partial charge on any atom is 0.0155 e. The smallest absolute Gasteiger partial charge is 0.0155 e. The fraction of sp³-hybridized carbons (Fsp3) is 0.200. The standard InChI is InChI=1S/C5H7NS/c1-3-6-4-5-7-2/h1,4-6H,2H3/b5-4-. The maximum absolute atomic E-state index is 4.85.